The fourth-order valence-electron chi connectivity index (χ4n) is 3.61. The van der Waals surface area contributed by atoms with Gasteiger partial charge in [0.15, 0.2) is 0 Å². The third-order valence-corrected chi connectivity index (χ3v) is 6.28. The summed E-state index contributed by atoms with van der Waals surface area (Å²) in [6.07, 6.45) is 7.78. The minimum atomic E-state index is -3.75. The van der Waals surface area contributed by atoms with Crippen molar-refractivity contribution in [2.75, 3.05) is 7.05 Å². The second-order valence-electron chi connectivity index (χ2n) is 6.07. The molecular formula is C14H21N3O3S. The van der Waals surface area contributed by atoms with E-state index >= 15 is 0 Å². The fraction of sp³-hybridized carbons (Fsp3) is 0.643. The summed E-state index contributed by atoms with van der Waals surface area (Å²) < 4.78 is 27.5. The van der Waals surface area contributed by atoms with Crippen molar-refractivity contribution >= 4 is 10.0 Å². The Morgan fingerprint density at radius 1 is 1.29 bits per heavy atom. The van der Waals surface area contributed by atoms with Crippen LogP contribution in [0.25, 0.3) is 0 Å². The Hall–Kier alpha value is -1.18. The number of aromatic nitrogens is 1. The fourth-order valence-corrected chi connectivity index (χ4v) is 4.92. The third kappa shape index (κ3) is 2.90. The first-order valence-corrected chi connectivity index (χ1v) is 8.87. The second-order valence-corrected chi connectivity index (χ2v) is 7.75. The first-order valence-electron chi connectivity index (χ1n) is 7.39. The number of hydrogen-bond acceptors (Lipinski definition) is 4. The van der Waals surface area contributed by atoms with Gasteiger partial charge in [0.25, 0.3) is 0 Å². The van der Waals surface area contributed by atoms with Crippen molar-refractivity contribution in [1.82, 2.24) is 14.6 Å². The largest absolute Gasteiger partial charge is 0.366 e. The van der Waals surface area contributed by atoms with E-state index < -0.39 is 15.5 Å². The van der Waals surface area contributed by atoms with Gasteiger partial charge in [-0.3, -0.25) is 4.79 Å². The van der Waals surface area contributed by atoms with Crippen LogP contribution in [0.1, 0.15) is 32.1 Å². The van der Waals surface area contributed by atoms with Crippen molar-refractivity contribution < 1.29 is 8.42 Å². The summed E-state index contributed by atoms with van der Waals surface area (Å²) in [5.41, 5.74) is -0.477. The molecule has 0 amide bonds. The standard InChI is InChI=1S/C14H21N3O3S/c1-17-11-3-2-4-12(17)8-10(7-11)16-21(19,20)14-9-15-6-5-13(14)18/h5-6,9-12,16H,2-4,7-8H2,1H3,(H,15,18). The van der Waals surface area contributed by atoms with Gasteiger partial charge in [0.05, 0.1) is 0 Å². The molecule has 0 spiro atoms. The lowest BCUT2D eigenvalue weighted by Crippen LogP contribution is -2.55. The minimum absolute atomic E-state index is 0.0823. The van der Waals surface area contributed by atoms with Crippen LogP contribution in [0.2, 0.25) is 0 Å². The van der Waals surface area contributed by atoms with Gasteiger partial charge in [-0.2, -0.15) is 0 Å². The monoisotopic (exact) mass is 311 g/mol. The van der Waals surface area contributed by atoms with E-state index in [2.05, 4.69) is 21.7 Å². The zero-order valence-electron chi connectivity index (χ0n) is 12.1. The molecule has 0 aliphatic carbocycles. The van der Waals surface area contributed by atoms with E-state index in [-0.39, 0.29) is 10.9 Å². The molecular weight excluding hydrogens is 290 g/mol. The average Bonchev–Trinajstić information content (AvgIpc) is 2.40. The van der Waals surface area contributed by atoms with Crippen LogP contribution in [-0.2, 0) is 10.0 Å². The van der Waals surface area contributed by atoms with Crippen LogP contribution in [0, 0.1) is 0 Å². The number of fused-ring (bicyclic) bond motifs is 2. The van der Waals surface area contributed by atoms with E-state index in [0.717, 1.165) is 25.7 Å². The smallest absolute Gasteiger partial charge is 0.246 e. The Morgan fingerprint density at radius 2 is 1.95 bits per heavy atom. The lowest BCUT2D eigenvalue weighted by atomic mass is 9.83. The summed E-state index contributed by atoms with van der Waals surface area (Å²) in [7, 11) is -1.63. The molecule has 3 heterocycles. The summed E-state index contributed by atoms with van der Waals surface area (Å²) >= 11 is 0. The Bertz CT molecular complexity index is 656. The van der Waals surface area contributed by atoms with Gasteiger partial charge < -0.3 is 9.88 Å². The van der Waals surface area contributed by atoms with Crippen molar-refractivity contribution in [2.45, 2.75) is 55.1 Å². The molecule has 2 atom stereocenters. The summed E-state index contributed by atoms with van der Waals surface area (Å²) in [6.45, 7) is 0. The van der Waals surface area contributed by atoms with Crippen molar-refractivity contribution in [3.8, 4) is 0 Å². The number of pyridine rings is 1. The maximum atomic E-state index is 12.4. The molecule has 2 unspecified atom stereocenters. The van der Waals surface area contributed by atoms with E-state index in [9.17, 15) is 13.2 Å². The molecule has 1 aromatic heterocycles. The molecule has 116 valence electrons. The molecule has 7 heteroatoms. The normalized spacial score (nSPS) is 30.2. The zero-order valence-corrected chi connectivity index (χ0v) is 12.9. The molecule has 0 radical (unpaired) electrons. The molecule has 21 heavy (non-hydrogen) atoms. The summed E-state index contributed by atoms with van der Waals surface area (Å²) in [5.74, 6) is 0. The van der Waals surface area contributed by atoms with Crippen LogP contribution in [0.15, 0.2) is 28.2 Å². The maximum absolute atomic E-state index is 12.4. The van der Waals surface area contributed by atoms with Crippen molar-refractivity contribution in [2.24, 2.45) is 0 Å². The van der Waals surface area contributed by atoms with Gasteiger partial charge in [0, 0.05) is 36.6 Å². The number of nitrogens with one attached hydrogen (secondary N) is 2. The number of nitrogens with zero attached hydrogens (tertiary/aromatic N) is 1. The van der Waals surface area contributed by atoms with Crippen molar-refractivity contribution in [3.05, 3.63) is 28.7 Å². The van der Waals surface area contributed by atoms with Crippen molar-refractivity contribution in [1.29, 1.82) is 0 Å². The summed E-state index contributed by atoms with van der Waals surface area (Å²) in [5, 5.41) is 0. The molecule has 2 bridgehead atoms. The number of sulfonamides is 1. The summed E-state index contributed by atoms with van der Waals surface area (Å²) in [6, 6.07) is 2.04. The number of piperidine rings is 2. The highest BCUT2D eigenvalue weighted by molar-refractivity contribution is 7.89. The van der Waals surface area contributed by atoms with E-state index in [4.69, 9.17) is 0 Å². The first-order chi connectivity index (χ1) is 9.97. The Kier molecular flexibility index (Phi) is 3.90. The molecule has 3 rings (SSSR count). The van der Waals surface area contributed by atoms with E-state index in [0.29, 0.717) is 12.1 Å². The van der Waals surface area contributed by atoms with Crippen LogP contribution < -0.4 is 10.2 Å². The third-order valence-electron chi connectivity index (χ3n) is 4.74. The predicted octanol–water partition coefficient (Wildman–Crippen LogP) is 0.668. The maximum Gasteiger partial charge on any atom is 0.246 e. The Morgan fingerprint density at radius 3 is 2.57 bits per heavy atom. The minimum Gasteiger partial charge on any atom is -0.366 e. The van der Waals surface area contributed by atoms with Crippen LogP contribution in [0.3, 0.4) is 0 Å². The predicted molar refractivity (Wildman–Crippen MR) is 79.6 cm³/mol. The highest BCUT2D eigenvalue weighted by Gasteiger charge is 2.37. The quantitative estimate of drug-likeness (QED) is 0.859. The van der Waals surface area contributed by atoms with Gasteiger partial charge >= 0.3 is 0 Å². The molecule has 1 aromatic rings. The number of rotatable bonds is 3. The lowest BCUT2D eigenvalue weighted by molar-refractivity contribution is 0.0536. The average molecular weight is 311 g/mol. The highest BCUT2D eigenvalue weighted by Crippen LogP contribution is 2.33. The van der Waals surface area contributed by atoms with Gasteiger partial charge in [-0.1, -0.05) is 6.42 Å². The van der Waals surface area contributed by atoms with E-state index in [1.54, 1.807) is 0 Å². The Balaban J connectivity index is 1.78. The van der Waals surface area contributed by atoms with Crippen LogP contribution in [0.4, 0.5) is 0 Å². The topological polar surface area (TPSA) is 82.3 Å². The van der Waals surface area contributed by atoms with Gasteiger partial charge in [0.1, 0.15) is 4.90 Å². The molecule has 0 aromatic carbocycles. The lowest BCUT2D eigenvalue weighted by Gasteiger charge is -2.47. The molecule has 2 fully saturated rings. The van der Waals surface area contributed by atoms with Gasteiger partial charge in [0.2, 0.25) is 15.5 Å². The molecule has 6 nitrogen and oxygen atoms in total. The van der Waals surface area contributed by atoms with Crippen molar-refractivity contribution in [3.63, 3.8) is 0 Å². The molecule has 2 N–H and O–H groups in total. The zero-order chi connectivity index (χ0) is 15.0. The van der Waals surface area contributed by atoms with E-state index in [1.807, 2.05) is 0 Å². The SMILES string of the molecule is CN1C2CCCC1CC(NS(=O)(=O)c1c[nH]ccc1=O)C2. The van der Waals surface area contributed by atoms with Crippen LogP contribution in [0.5, 0.6) is 0 Å². The molecule has 2 aliphatic heterocycles. The summed E-state index contributed by atoms with van der Waals surface area (Å²) in [4.78, 5) is 16.6. The van der Waals surface area contributed by atoms with Crippen LogP contribution in [-0.4, -0.2) is 43.5 Å². The van der Waals surface area contributed by atoms with Gasteiger partial charge in [-0.05, 0) is 32.7 Å². The number of hydrogen-bond donors (Lipinski definition) is 2. The highest BCUT2D eigenvalue weighted by atomic mass is 32.2. The van der Waals surface area contributed by atoms with Crippen LogP contribution >= 0.6 is 0 Å². The number of aromatic amines is 1. The van der Waals surface area contributed by atoms with Gasteiger partial charge in [-0.25, -0.2) is 13.1 Å². The number of H-pyrrole nitrogens is 1. The molecule has 2 aliphatic rings. The Labute approximate surface area is 124 Å². The molecule has 0 saturated carbocycles. The first kappa shape index (κ1) is 14.7. The van der Waals surface area contributed by atoms with Gasteiger partial charge in [-0.15, -0.1) is 0 Å². The second kappa shape index (κ2) is 5.55. The van der Waals surface area contributed by atoms with E-state index in [1.165, 1.54) is 24.9 Å². The molecule has 2 saturated heterocycles.